The minimum absolute atomic E-state index is 0.895. The van der Waals surface area contributed by atoms with Crippen LogP contribution in [0.3, 0.4) is 0 Å². The first-order valence-electron chi connectivity index (χ1n) is 20.1. The third-order valence-corrected chi connectivity index (χ3v) is 13.1. The summed E-state index contributed by atoms with van der Waals surface area (Å²) in [5, 5.41) is 9.89. The molecule has 2 heterocycles. The Morgan fingerprint density at radius 1 is 0.339 bits per heavy atom. The molecule has 0 fully saturated rings. The Hall–Kier alpha value is -7.46. The Bertz CT molecular complexity index is 3540. The molecule has 276 valence electrons. The van der Waals surface area contributed by atoms with Crippen molar-refractivity contribution in [1.82, 2.24) is 0 Å². The number of fused-ring (bicyclic) bond motifs is 9. The maximum absolute atomic E-state index is 6.51. The number of furan rings is 1. The van der Waals surface area contributed by atoms with E-state index in [1.807, 2.05) is 17.4 Å². The summed E-state index contributed by atoms with van der Waals surface area (Å²) >= 11 is 1.89. The van der Waals surface area contributed by atoms with Gasteiger partial charge in [0.05, 0.1) is 10.4 Å². The first-order chi connectivity index (χ1) is 29.2. The van der Waals surface area contributed by atoms with Crippen LogP contribution in [0.5, 0.6) is 0 Å². The minimum Gasteiger partial charge on any atom is -0.455 e. The SMILES string of the molecule is c1ccc(-c2cccc3c2oc2ccc(-c4ccc(N(c5ccc(-c6ccc7ccccc7c6)cc5)c5cccc6c5sc5c7ccccc7ccc65)cc4)cc23)cc1. The molecule has 0 spiro atoms. The van der Waals surface area contributed by atoms with Crippen molar-refractivity contribution < 1.29 is 4.42 Å². The second-order valence-corrected chi connectivity index (χ2v) is 16.3. The van der Waals surface area contributed by atoms with Gasteiger partial charge in [-0.05, 0) is 97.9 Å². The summed E-state index contributed by atoms with van der Waals surface area (Å²) in [5.41, 5.74) is 12.2. The molecule has 3 heteroatoms. The van der Waals surface area contributed by atoms with E-state index in [2.05, 4.69) is 211 Å². The highest BCUT2D eigenvalue weighted by molar-refractivity contribution is 7.27. The summed E-state index contributed by atoms with van der Waals surface area (Å²) in [6.07, 6.45) is 0. The lowest BCUT2D eigenvalue weighted by Gasteiger charge is -2.26. The summed E-state index contributed by atoms with van der Waals surface area (Å²) < 4.78 is 9.10. The standard InChI is InChI=1S/C56H35NOS/c1-2-11-39(12-3-1)46-16-8-17-48-51-35-43(27-33-53(51)58-54(46)48)38-24-30-45(31-25-38)57(44-28-22-37(23-29-44)42-21-20-36-10-4-5-14-41(36)34-42)52-19-9-18-49-50-32-26-40-13-6-7-15-47(40)55(50)59-56(49)52/h1-35H. The average Bonchev–Trinajstić information content (AvgIpc) is 3.89. The molecule has 0 bridgehead atoms. The molecule has 12 aromatic rings. The van der Waals surface area contributed by atoms with E-state index in [9.17, 15) is 0 Å². The van der Waals surface area contributed by atoms with E-state index in [0.717, 1.165) is 55.6 Å². The minimum atomic E-state index is 0.895. The predicted octanol–water partition coefficient (Wildman–Crippen LogP) is 16.7. The molecule has 0 radical (unpaired) electrons. The summed E-state index contributed by atoms with van der Waals surface area (Å²) in [6, 6.07) is 76.9. The lowest BCUT2D eigenvalue weighted by Crippen LogP contribution is -2.10. The van der Waals surface area contributed by atoms with Crippen molar-refractivity contribution in [2.24, 2.45) is 0 Å². The van der Waals surface area contributed by atoms with Crippen molar-refractivity contribution in [2.45, 2.75) is 0 Å². The van der Waals surface area contributed by atoms with Crippen LogP contribution in [-0.2, 0) is 0 Å². The molecule has 0 aliphatic heterocycles. The van der Waals surface area contributed by atoms with Gasteiger partial charge in [-0.1, -0.05) is 164 Å². The van der Waals surface area contributed by atoms with Gasteiger partial charge in [0.2, 0.25) is 0 Å². The van der Waals surface area contributed by atoms with E-state index < -0.39 is 0 Å². The number of thiophene rings is 1. The van der Waals surface area contributed by atoms with E-state index in [0.29, 0.717) is 0 Å². The first-order valence-corrected chi connectivity index (χ1v) is 20.9. The van der Waals surface area contributed by atoms with Crippen LogP contribution in [0, 0.1) is 0 Å². The number of rotatable bonds is 6. The summed E-state index contributed by atoms with van der Waals surface area (Å²) in [6.45, 7) is 0. The Morgan fingerprint density at radius 2 is 0.932 bits per heavy atom. The topological polar surface area (TPSA) is 16.4 Å². The van der Waals surface area contributed by atoms with Gasteiger partial charge in [0, 0.05) is 43.2 Å². The molecule has 12 rings (SSSR count). The number of nitrogens with zero attached hydrogens (tertiary/aromatic N) is 1. The zero-order valence-corrected chi connectivity index (χ0v) is 32.8. The Morgan fingerprint density at radius 3 is 1.73 bits per heavy atom. The smallest absolute Gasteiger partial charge is 0.143 e. The van der Waals surface area contributed by atoms with Crippen LogP contribution in [0.2, 0.25) is 0 Å². The summed E-state index contributed by atoms with van der Waals surface area (Å²) in [4.78, 5) is 2.42. The van der Waals surface area contributed by atoms with E-state index >= 15 is 0 Å². The monoisotopic (exact) mass is 769 g/mol. The second-order valence-electron chi connectivity index (χ2n) is 15.3. The fourth-order valence-electron chi connectivity index (χ4n) is 8.91. The van der Waals surface area contributed by atoms with Crippen LogP contribution < -0.4 is 4.90 Å². The third kappa shape index (κ3) is 5.62. The molecule has 0 amide bonds. The zero-order chi connectivity index (χ0) is 38.9. The van der Waals surface area contributed by atoms with Crippen molar-refractivity contribution >= 4 is 92.1 Å². The van der Waals surface area contributed by atoms with Crippen LogP contribution in [-0.4, -0.2) is 0 Å². The van der Waals surface area contributed by atoms with E-state index in [1.54, 1.807) is 0 Å². The van der Waals surface area contributed by atoms with Crippen LogP contribution in [0.4, 0.5) is 17.1 Å². The Kier molecular flexibility index (Phi) is 7.75. The molecule has 0 atom stereocenters. The van der Waals surface area contributed by atoms with Crippen molar-refractivity contribution in [3.05, 3.63) is 212 Å². The summed E-state index contributed by atoms with van der Waals surface area (Å²) in [5.74, 6) is 0. The fraction of sp³-hybridized carbons (Fsp3) is 0. The van der Waals surface area contributed by atoms with Gasteiger partial charge in [-0.15, -0.1) is 11.3 Å². The van der Waals surface area contributed by atoms with Gasteiger partial charge >= 0.3 is 0 Å². The Labute approximate surface area is 345 Å². The largest absolute Gasteiger partial charge is 0.455 e. The van der Waals surface area contributed by atoms with Crippen molar-refractivity contribution in [2.75, 3.05) is 4.90 Å². The first kappa shape index (κ1) is 33.7. The van der Waals surface area contributed by atoms with Gasteiger partial charge in [-0.25, -0.2) is 0 Å². The zero-order valence-electron chi connectivity index (χ0n) is 32.0. The molecule has 0 saturated heterocycles. The molecule has 0 N–H and O–H groups in total. The highest BCUT2D eigenvalue weighted by atomic mass is 32.1. The van der Waals surface area contributed by atoms with Gasteiger partial charge in [-0.2, -0.15) is 0 Å². The lowest BCUT2D eigenvalue weighted by atomic mass is 9.99. The van der Waals surface area contributed by atoms with Crippen LogP contribution in [0.1, 0.15) is 0 Å². The maximum atomic E-state index is 6.51. The van der Waals surface area contributed by atoms with Gasteiger partial charge in [-0.3, -0.25) is 0 Å². The molecule has 0 saturated carbocycles. The molecule has 0 aliphatic carbocycles. The molecular weight excluding hydrogens is 735 g/mol. The Balaban J connectivity index is 0.978. The van der Waals surface area contributed by atoms with Gasteiger partial charge in [0.25, 0.3) is 0 Å². The van der Waals surface area contributed by atoms with Crippen molar-refractivity contribution in [3.8, 4) is 33.4 Å². The number of benzene rings is 10. The van der Waals surface area contributed by atoms with Gasteiger partial charge < -0.3 is 9.32 Å². The second kappa shape index (κ2) is 13.6. The number of hydrogen-bond acceptors (Lipinski definition) is 3. The van der Waals surface area contributed by atoms with E-state index in [4.69, 9.17) is 4.42 Å². The molecule has 2 aromatic heterocycles. The lowest BCUT2D eigenvalue weighted by molar-refractivity contribution is 0.670. The van der Waals surface area contributed by atoms with Crippen LogP contribution >= 0.6 is 11.3 Å². The van der Waals surface area contributed by atoms with Crippen molar-refractivity contribution in [3.63, 3.8) is 0 Å². The highest BCUT2D eigenvalue weighted by Gasteiger charge is 2.20. The number of para-hydroxylation sites is 1. The normalized spacial score (nSPS) is 11.7. The van der Waals surface area contributed by atoms with Crippen LogP contribution in [0.15, 0.2) is 217 Å². The van der Waals surface area contributed by atoms with E-state index in [1.165, 1.54) is 58.5 Å². The quantitative estimate of drug-likeness (QED) is 0.167. The fourth-order valence-corrected chi connectivity index (χ4v) is 10.3. The average molecular weight is 770 g/mol. The molecule has 10 aromatic carbocycles. The van der Waals surface area contributed by atoms with Gasteiger partial charge in [0.15, 0.2) is 0 Å². The molecule has 0 unspecified atom stereocenters. The third-order valence-electron chi connectivity index (χ3n) is 11.9. The maximum Gasteiger partial charge on any atom is 0.143 e. The van der Waals surface area contributed by atoms with Crippen molar-refractivity contribution in [1.29, 1.82) is 0 Å². The van der Waals surface area contributed by atoms with Crippen LogP contribution in [0.25, 0.3) is 97.0 Å². The molecule has 59 heavy (non-hydrogen) atoms. The number of anilines is 3. The molecule has 0 aliphatic rings. The molecule has 2 nitrogen and oxygen atoms in total. The number of hydrogen-bond donors (Lipinski definition) is 0. The highest BCUT2D eigenvalue weighted by Crippen LogP contribution is 2.47. The van der Waals surface area contributed by atoms with E-state index in [-0.39, 0.29) is 0 Å². The summed E-state index contributed by atoms with van der Waals surface area (Å²) in [7, 11) is 0. The predicted molar refractivity (Wildman–Crippen MR) is 253 cm³/mol. The van der Waals surface area contributed by atoms with Gasteiger partial charge in [0.1, 0.15) is 11.2 Å². The molecular formula is C56H35NOS.